The zero-order valence-electron chi connectivity index (χ0n) is 37.7. The van der Waals surface area contributed by atoms with Crippen LogP contribution < -0.4 is 0 Å². The summed E-state index contributed by atoms with van der Waals surface area (Å²) in [4.78, 5) is 37.7. The Labute approximate surface area is 342 Å². The van der Waals surface area contributed by atoms with Gasteiger partial charge in [-0.15, -0.1) is 0 Å². The van der Waals surface area contributed by atoms with E-state index in [-0.39, 0.29) is 31.1 Å². The van der Waals surface area contributed by atoms with Crippen molar-refractivity contribution in [3.05, 3.63) is 0 Å². The summed E-state index contributed by atoms with van der Waals surface area (Å²) in [6.07, 6.45) is 38.3. The topological polar surface area (TPSA) is 78.9 Å². The van der Waals surface area contributed by atoms with Gasteiger partial charge in [0, 0.05) is 19.3 Å². The molecule has 0 unspecified atom stereocenters. The molecule has 6 nitrogen and oxygen atoms in total. The van der Waals surface area contributed by atoms with Crippen molar-refractivity contribution in [2.24, 2.45) is 17.8 Å². The highest BCUT2D eigenvalue weighted by Gasteiger charge is 2.19. The van der Waals surface area contributed by atoms with Crippen molar-refractivity contribution in [2.45, 2.75) is 266 Å². The van der Waals surface area contributed by atoms with E-state index in [1.807, 2.05) is 0 Å². The Bertz CT molecular complexity index is 852. The molecule has 0 radical (unpaired) electrons. The smallest absolute Gasteiger partial charge is 0.306 e. The number of hydrogen-bond donors (Lipinski definition) is 0. The van der Waals surface area contributed by atoms with Gasteiger partial charge in [0.05, 0.1) is 0 Å². The van der Waals surface area contributed by atoms with Gasteiger partial charge in [-0.25, -0.2) is 0 Å². The Morgan fingerprint density at radius 3 is 0.782 bits per heavy atom. The lowest BCUT2D eigenvalue weighted by molar-refractivity contribution is -0.167. The zero-order chi connectivity index (χ0) is 40.6. The maximum Gasteiger partial charge on any atom is 0.306 e. The van der Waals surface area contributed by atoms with Crippen LogP contribution in [0.2, 0.25) is 0 Å². The molecule has 1 atom stereocenters. The predicted octanol–water partition coefficient (Wildman–Crippen LogP) is 15.2. The van der Waals surface area contributed by atoms with Crippen molar-refractivity contribution >= 4 is 17.9 Å². The van der Waals surface area contributed by atoms with Crippen molar-refractivity contribution in [1.29, 1.82) is 0 Å². The highest BCUT2D eigenvalue weighted by atomic mass is 16.6. The Hall–Kier alpha value is -1.59. The maximum atomic E-state index is 12.7. The first-order valence-corrected chi connectivity index (χ1v) is 24.1. The fraction of sp³-hybridized carbons (Fsp3) is 0.939. The maximum absolute atomic E-state index is 12.7. The summed E-state index contributed by atoms with van der Waals surface area (Å²) in [6, 6.07) is 0. The van der Waals surface area contributed by atoms with Crippen LogP contribution in [0.15, 0.2) is 0 Å². The molecular weight excluding hydrogens is 685 g/mol. The molecule has 0 spiro atoms. The first-order chi connectivity index (χ1) is 26.6. The molecule has 0 saturated carbocycles. The largest absolute Gasteiger partial charge is 0.462 e. The molecule has 55 heavy (non-hydrogen) atoms. The van der Waals surface area contributed by atoms with Gasteiger partial charge < -0.3 is 14.2 Å². The number of ether oxygens (including phenoxy) is 3. The molecule has 0 amide bonds. The molecule has 0 aliphatic carbocycles. The monoisotopic (exact) mass is 779 g/mol. The Morgan fingerprint density at radius 2 is 0.527 bits per heavy atom. The standard InChI is InChI=1S/C49H94O6/c1-43(2)35-29-23-17-14-12-10-8-7-9-11-13-15-19-26-32-38-47(50)53-41-46(42-54-48(51)39-33-27-22-21-25-31-37-45(5)6)55-49(52)40-34-28-20-16-18-24-30-36-44(3)4/h43-46H,7-42H2,1-6H3/t46-/m0/s1. The van der Waals surface area contributed by atoms with E-state index in [4.69, 9.17) is 14.2 Å². The van der Waals surface area contributed by atoms with Crippen LogP contribution in [0.5, 0.6) is 0 Å². The first-order valence-electron chi connectivity index (χ1n) is 24.1. The van der Waals surface area contributed by atoms with Crippen LogP contribution >= 0.6 is 0 Å². The lowest BCUT2D eigenvalue weighted by atomic mass is 10.0. The predicted molar refractivity (Wildman–Crippen MR) is 233 cm³/mol. The van der Waals surface area contributed by atoms with E-state index in [1.54, 1.807) is 0 Å². The molecule has 0 heterocycles. The van der Waals surface area contributed by atoms with Gasteiger partial charge in [-0.1, -0.05) is 221 Å². The Balaban J connectivity index is 4.23. The summed E-state index contributed by atoms with van der Waals surface area (Å²) < 4.78 is 16.7. The van der Waals surface area contributed by atoms with Crippen LogP contribution in [0.1, 0.15) is 260 Å². The fourth-order valence-electron chi connectivity index (χ4n) is 7.23. The molecule has 6 heteroatoms. The van der Waals surface area contributed by atoms with E-state index < -0.39 is 6.10 Å². The second-order valence-electron chi connectivity index (χ2n) is 18.2. The molecule has 0 aromatic rings. The Morgan fingerprint density at radius 1 is 0.309 bits per heavy atom. The lowest BCUT2D eigenvalue weighted by Gasteiger charge is -2.18. The molecule has 0 saturated heterocycles. The van der Waals surface area contributed by atoms with Gasteiger partial charge in [-0.2, -0.15) is 0 Å². The van der Waals surface area contributed by atoms with Crippen LogP contribution in [-0.2, 0) is 28.6 Å². The molecule has 0 aliphatic rings. The third-order valence-electron chi connectivity index (χ3n) is 10.9. The lowest BCUT2D eigenvalue weighted by Crippen LogP contribution is -2.30. The minimum absolute atomic E-state index is 0.0666. The molecular formula is C49H94O6. The van der Waals surface area contributed by atoms with Crippen LogP contribution in [0.25, 0.3) is 0 Å². The summed E-state index contributed by atoms with van der Waals surface area (Å²) >= 11 is 0. The van der Waals surface area contributed by atoms with Gasteiger partial charge in [-0.05, 0) is 37.0 Å². The molecule has 0 bridgehead atoms. The second-order valence-corrected chi connectivity index (χ2v) is 18.2. The van der Waals surface area contributed by atoms with Gasteiger partial charge in [0.15, 0.2) is 6.10 Å². The number of carbonyl (C=O) groups is 3. The van der Waals surface area contributed by atoms with E-state index in [0.29, 0.717) is 19.3 Å². The van der Waals surface area contributed by atoms with Gasteiger partial charge in [0.1, 0.15) is 13.2 Å². The minimum atomic E-state index is -0.762. The Kier molecular flexibility index (Phi) is 39.4. The third-order valence-corrected chi connectivity index (χ3v) is 10.9. The summed E-state index contributed by atoms with van der Waals surface area (Å²) in [5.74, 6) is 1.52. The van der Waals surface area contributed by atoms with Crippen molar-refractivity contribution in [3.63, 3.8) is 0 Å². The number of carbonyl (C=O) groups excluding carboxylic acids is 3. The van der Waals surface area contributed by atoms with Gasteiger partial charge >= 0.3 is 17.9 Å². The zero-order valence-corrected chi connectivity index (χ0v) is 37.7. The van der Waals surface area contributed by atoms with E-state index in [9.17, 15) is 14.4 Å². The first kappa shape index (κ1) is 53.4. The van der Waals surface area contributed by atoms with E-state index in [2.05, 4.69) is 41.5 Å². The second kappa shape index (κ2) is 40.6. The van der Waals surface area contributed by atoms with Crippen molar-refractivity contribution in [2.75, 3.05) is 13.2 Å². The number of hydrogen-bond acceptors (Lipinski definition) is 6. The van der Waals surface area contributed by atoms with Crippen LogP contribution in [0.3, 0.4) is 0 Å². The fourth-order valence-corrected chi connectivity index (χ4v) is 7.23. The van der Waals surface area contributed by atoms with E-state index in [0.717, 1.165) is 75.5 Å². The molecule has 0 N–H and O–H groups in total. The van der Waals surface area contributed by atoms with Gasteiger partial charge in [0.2, 0.25) is 0 Å². The van der Waals surface area contributed by atoms with E-state index in [1.165, 1.54) is 141 Å². The summed E-state index contributed by atoms with van der Waals surface area (Å²) in [5.41, 5.74) is 0. The molecule has 0 rings (SSSR count). The molecule has 326 valence electrons. The quantitative estimate of drug-likeness (QED) is 0.0349. The van der Waals surface area contributed by atoms with Crippen molar-refractivity contribution in [1.82, 2.24) is 0 Å². The average molecular weight is 779 g/mol. The van der Waals surface area contributed by atoms with Crippen LogP contribution in [0.4, 0.5) is 0 Å². The van der Waals surface area contributed by atoms with E-state index >= 15 is 0 Å². The minimum Gasteiger partial charge on any atom is -0.462 e. The molecule has 0 fully saturated rings. The summed E-state index contributed by atoms with van der Waals surface area (Å²) in [6.45, 7) is 13.6. The molecule has 0 aliphatic heterocycles. The highest BCUT2D eigenvalue weighted by Crippen LogP contribution is 2.17. The summed E-state index contributed by atoms with van der Waals surface area (Å²) in [7, 11) is 0. The van der Waals surface area contributed by atoms with Crippen LogP contribution in [-0.4, -0.2) is 37.2 Å². The molecule has 0 aromatic carbocycles. The normalized spacial score (nSPS) is 12.2. The number of rotatable bonds is 42. The van der Waals surface area contributed by atoms with Gasteiger partial charge in [0.25, 0.3) is 0 Å². The van der Waals surface area contributed by atoms with Gasteiger partial charge in [-0.3, -0.25) is 14.4 Å². The van der Waals surface area contributed by atoms with Crippen molar-refractivity contribution in [3.8, 4) is 0 Å². The van der Waals surface area contributed by atoms with Crippen molar-refractivity contribution < 1.29 is 28.6 Å². The SMILES string of the molecule is CC(C)CCCCCCCCCCCCCCCCCC(=O)OC[C@@H](COC(=O)CCCCCCCCC(C)C)OC(=O)CCCCCCCCCC(C)C. The number of esters is 3. The third kappa shape index (κ3) is 43.4. The average Bonchev–Trinajstić information content (AvgIpc) is 3.13. The number of unbranched alkanes of at least 4 members (excludes halogenated alkanes) is 25. The van der Waals surface area contributed by atoms with Crippen LogP contribution in [0, 0.1) is 17.8 Å². The summed E-state index contributed by atoms with van der Waals surface area (Å²) in [5, 5.41) is 0. The molecule has 0 aromatic heterocycles. The highest BCUT2D eigenvalue weighted by molar-refractivity contribution is 5.71.